The fraction of sp³-hybridized carbons (Fsp3) is 0.800. The maximum Gasteiger partial charge on any atom is 0.0985 e. The van der Waals surface area contributed by atoms with Gasteiger partial charge >= 0.3 is 0 Å². The average Bonchev–Trinajstić information content (AvgIpc) is 2.79. The lowest BCUT2D eigenvalue weighted by Gasteiger charge is -2.23. The van der Waals surface area contributed by atoms with Gasteiger partial charge in [0.15, 0.2) is 0 Å². The molecular weight excluding hydrogens is 304 g/mol. The number of thiazole rings is 1. The van der Waals surface area contributed by atoms with Crippen LogP contribution in [0.1, 0.15) is 49.3 Å². The molecule has 1 aromatic rings. The van der Waals surface area contributed by atoms with Crippen LogP contribution in [-0.2, 0) is 5.41 Å². The van der Waals surface area contributed by atoms with E-state index in [9.17, 15) is 0 Å². The summed E-state index contributed by atoms with van der Waals surface area (Å²) in [5.74, 6) is 3.91. The van der Waals surface area contributed by atoms with E-state index in [0.29, 0.717) is 6.04 Å². The van der Waals surface area contributed by atoms with Crippen molar-refractivity contribution in [3.63, 3.8) is 0 Å². The number of aryl methyl sites for hydroxylation is 1. The van der Waals surface area contributed by atoms with Gasteiger partial charge in [0.25, 0.3) is 0 Å². The second kappa shape index (κ2) is 7.03. The van der Waals surface area contributed by atoms with Gasteiger partial charge in [0.05, 0.1) is 10.7 Å². The Balaban J connectivity index is 1.94. The van der Waals surface area contributed by atoms with Crippen LogP contribution in [0.2, 0.25) is 0 Å². The molecule has 1 fully saturated rings. The molecule has 0 saturated carbocycles. The van der Waals surface area contributed by atoms with Crippen LogP contribution in [0.5, 0.6) is 0 Å². The van der Waals surface area contributed by atoms with Crippen LogP contribution in [0.25, 0.3) is 0 Å². The van der Waals surface area contributed by atoms with E-state index in [1.54, 1.807) is 0 Å². The monoisotopic (exact) mass is 330 g/mol. The van der Waals surface area contributed by atoms with E-state index < -0.39 is 0 Å². The minimum atomic E-state index is 0.156. The molecule has 0 bridgehead atoms. The van der Waals surface area contributed by atoms with Crippen molar-refractivity contribution in [2.75, 3.05) is 23.8 Å². The summed E-state index contributed by atoms with van der Waals surface area (Å²) in [6, 6.07) is 0.413. The maximum atomic E-state index is 4.77. The Hall–Kier alpha value is 0.290. The zero-order chi connectivity index (χ0) is 14.8. The summed E-state index contributed by atoms with van der Waals surface area (Å²) in [5, 5.41) is 5.73. The lowest BCUT2D eigenvalue weighted by molar-refractivity contribution is 0.579. The number of hydrogen-bond acceptors (Lipinski definition) is 5. The lowest BCUT2D eigenvalue weighted by atomic mass is 9.98. The number of thioether (sulfide) groups is 2. The van der Waals surface area contributed by atoms with Crippen molar-refractivity contribution in [1.82, 2.24) is 10.3 Å². The van der Waals surface area contributed by atoms with E-state index in [1.165, 1.54) is 32.8 Å². The molecule has 2 heterocycles. The summed E-state index contributed by atoms with van der Waals surface area (Å²) in [4.78, 5) is 6.17. The smallest absolute Gasteiger partial charge is 0.0985 e. The molecule has 114 valence electrons. The van der Waals surface area contributed by atoms with Crippen molar-refractivity contribution in [2.45, 2.75) is 51.3 Å². The molecule has 5 heteroatoms. The Morgan fingerprint density at radius 1 is 1.35 bits per heavy atom. The molecule has 0 aromatic carbocycles. The first-order valence-electron chi connectivity index (χ1n) is 7.28. The van der Waals surface area contributed by atoms with E-state index in [-0.39, 0.29) is 5.41 Å². The summed E-state index contributed by atoms with van der Waals surface area (Å²) < 4.78 is 0. The Morgan fingerprint density at radius 3 is 2.65 bits per heavy atom. The topological polar surface area (TPSA) is 24.9 Å². The largest absolute Gasteiger partial charge is 0.308 e. The Kier molecular flexibility index (Phi) is 5.86. The first-order valence-corrected chi connectivity index (χ1v) is 10.3. The lowest BCUT2D eigenvalue weighted by Crippen LogP contribution is -2.30. The fourth-order valence-corrected chi connectivity index (χ4v) is 5.96. The number of hydrogen-bond donors (Lipinski definition) is 1. The summed E-state index contributed by atoms with van der Waals surface area (Å²) >= 11 is 6.08. The Morgan fingerprint density at radius 2 is 2.10 bits per heavy atom. The second-order valence-corrected chi connectivity index (χ2v) is 10.0. The highest BCUT2D eigenvalue weighted by Gasteiger charge is 2.23. The van der Waals surface area contributed by atoms with Crippen LogP contribution in [0.4, 0.5) is 0 Å². The molecule has 2 rings (SSSR count). The van der Waals surface area contributed by atoms with Crippen molar-refractivity contribution in [3.05, 3.63) is 15.6 Å². The first kappa shape index (κ1) is 16.7. The van der Waals surface area contributed by atoms with Gasteiger partial charge in [0, 0.05) is 45.4 Å². The molecule has 20 heavy (non-hydrogen) atoms. The molecule has 1 saturated heterocycles. The molecule has 1 aliphatic rings. The average molecular weight is 331 g/mol. The maximum absolute atomic E-state index is 4.77. The normalized spacial score (nSPS) is 21.9. The van der Waals surface area contributed by atoms with Gasteiger partial charge in [-0.2, -0.15) is 23.5 Å². The van der Waals surface area contributed by atoms with Crippen LogP contribution in [0, 0.1) is 6.92 Å². The second-order valence-electron chi connectivity index (χ2n) is 6.42. The molecule has 2 nitrogen and oxygen atoms in total. The highest BCUT2D eigenvalue weighted by atomic mass is 32.2. The molecule has 0 amide bonds. The molecule has 0 spiro atoms. The van der Waals surface area contributed by atoms with Gasteiger partial charge in [-0.15, -0.1) is 11.3 Å². The third-order valence-electron chi connectivity index (χ3n) is 3.40. The minimum absolute atomic E-state index is 0.156. The molecule has 2 unspecified atom stereocenters. The molecule has 1 aliphatic heterocycles. The van der Waals surface area contributed by atoms with E-state index in [1.807, 2.05) is 11.3 Å². The van der Waals surface area contributed by atoms with Gasteiger partial charge in [-0.25, -0.2) is 4.98 Å². The molecule has 1 N–H and O–H groups in total. The van der Waals surface area contributed by atoms with Gasteiger partial charge in [-0.3, -0.25) is 0 Å². The predicted molar refractivity (Wildman–Crippen MR) is 95.5 cm³/mol. The van der Waals surface area contributed by atoms with Crippen molar-refractivity contribution in [2.24, 2.45) is 0 Å². The number of nitrogens with zero attached hydrogens (tertiary/aromatic N) is 1. The van der Waals surface area contributed by atoms with Crippen molar-refractivity contribution in [1.29, 1.82) is 0 Å². The third-order valence-corrected chi connectivity index (χ3v) is 8.01. The SMILES string of the molecule is Cc1nc(C(C)(C)C)sc1C(C)NCC1CSCCS1. The number of aromatic nitrogens is 1. The van der Waals surface area contributed by atoms with Gasteiger partial charge in [0.2, 0.25) is 0 Å². The zero-order valence-electron chi connectivity index (χ0n) is 13.2. The summed E-state index contributed by atoms with van der Waals surface area (Å²) in [7, 11) is 0. The summed E-state index contributed by atoms with van der Waals surface area (Å²) in [6.07, 6.45) is 0. The van der Waals surface area contributed by atoms with Crippen molar-refractivity contribution < 1.29 is 0 Å². The minimum Gasteiger partial charge on any atom is -0.308 e. The highest BCUT2D eigenvalue weighted by molar-refractivity contribution is 8.06. The van der Waals surface area contributed by atoms with Crippen LogP contribution in [-0.4, -0.2) is 34.0 Å². The van der Waals surface area contributed by atoms with E-state index >= 15 is 0 Å². The first-order chi connectivity index (χ1) is 9.38. The van der Waals surface area contributed by atoms with Gasteiger partial charge in [-0.1, -0.05) is 20.8 Å². The molecule has 2 atom stereocenters. The highest BCUT2D eigenvalue weighted by Crippen LogP contribution is 2.32. The predicted octanol–water partition coefficient (Wildman–Crippen LogP) is 4.25. The van der Waals surface area contributed by atoms with Crippen LogP contribution in [0.15, 0.2) is 0 Å². The summed E-state index contributed by atoms with van der Waals surface area (Å²) in [5.41, 5.74) is 1.36. The molecular formula is C15H26N2S3. The van der Waals surface area contributed by atoms with E-state index in [4.69, 9.17) is 4.98 Å². The Labute approximate surface area is 135 Å². The molecule has 0 radical (unpaired) electrons. The van der Waals surface area contributed by atoms with E-state index in [2.05, 4.69) is 63.5 Å². The van der Waals surface area contributed by atoms with Gasteiger partial charge in [0.1, 0.15) is 0 Å². The van der Waals surface area contributed by atoms with Crippen molar-refractivity contribution in [3.8, 4) is 0 Å². The zero-order valence-corrected chi connectivity index (χ0v) is 15.6. The van der Waals surface area contributed by atoms with E-state index in [0.717, 1.165) is 11.8 Å². The van der Waals surface area contributed by atoms with Gasteiger partial charge in [-0.05, 0) is 13.8 Å². The summed E-state index contributed by atoms with van der Waals surface area (Å²) in [6.45, 7) is 12.2. The third kappa shape index (κ3) is 4.39. The number of nitrogens with one attached hydrogen (secondary N) is 1. The van der Waals surface area contributed by atoms with Crippen LogP contribution >= 0.6 is 34.9 Å². The van der Waals surface area contributed by atoms with Crippen molar-refractivity contribution >= 4 is 34.9 Å². The fourth-order valence-electron chi connectivity index (χ4n) is 2.19. The van der Waals surface area contributed by atoms with Crippen LogP contribution < -0.4 is 5.32 Å². The molecule has 1 aromatic heterocycles. The van der Waals surface area contributed by atoms with Gasteiger partial charge < -0.3 is 5.32 Å². The standard InChI is InChI=1S/C15H26N2S3/c1-10(16-8-12-9-18-6-7-19-12)13-11(2)17-14(20-13)15(3,4)5/h10,12,16H,6-9H2,1-5H3. The molecule has 0 aliphatic carbocycles. The van der Waals surface area contributed by atoms with Crippen LogP contribution in [0.3, 0.4) is 0 Å². The quantitative estimate of drug-likeness (QED) is 0.892. The number of rotatable bonds is 4. The Bertz CT molecular complexity index is 431.